The molecule has 1 amide bonds. The van der Waals surface area contributed by atoms with E-state index >= 15 is 0 Å². The van der Waals surface area contributed by atoms with Crippen LogP contribution in [0.2, 0.25) is 0 Å². The fourth-order valence-electron chi connectivity index (χ4n) is 1.69. The van der Waals surface area contributed by atoms with Gasteiger partial charge in [-0.25, -0.2) is 0 Å². The first-order chi connectivity index (χ1) is 10.1. The smallest absolute Gasteiger partial charge is 0.255 e. The summed E-state index contributed by atoms with van der Waals surface area (Å²) in [4.78, 5) is 11.9. The molecule has 0 aliphatic rings. The lowest BCUT2D eigenvalue weighted by Gasteiger charge is -2.09. The monoisotopic (exact) mass is 350 g/mol. The van der Waals surface area contributed by atoms with Crippen LogP contribution in [0.5, 0.6) is 11.5 Å². The lowest BCUT2D eigenvalue weighted by Crippen LogP contribution is -2.28. The molecule has 2 aromatic carbocycles. The van der Waals surface area contributed by atoms with E-state index < -0.39 is 0 Å². The third-order valence-corrected chi connectivity index (χ3v) is 3.23. The largest absolute Gasteiger partial charge is 0.507 e. The van der Waals surface area contributed by atoms with Crippen LogP contribution in [-0.4, -0.2) is 24.2 Å². The van der Waals surface area contributed by atoms with Gasteiger partial charge in [0, 0.05) is 10.2 Å². The van der Waals surface area contributed by atoms with Crippen molar-refractivity contribution in [2.45, 2.75) is 0 Å². The number of carbonyl (C=O) groups excluding carboxylic acids is 1. The van der Waals surface area contributed by atoms with Crippen LogP contribution in [0.1, 0.15) is 10.4 Å². The molecule has 5 nitrogen and oxygen atoms in total. The molecule has 0 heterocycles. The van der Waals surface area contributed by atoms with Gasteiger partial charge in [-0.05, 0) is 42.5 Å². The van der Waals surface area contributed by atoms with E-state index in [1.54, 1.807) is 36.4 Å². The van der Waals surface area contributed by atoms with Crippen LogP contribution >= 0.6 is 15.9 Å². The van der Waals surface area contributed by atoms with Gasteiger partial charge in [0.2, 0.25) is 0 Å². The first-order valence-electron chi connectivity index (χ1n) is 6.31. The quantitative estimate of drug-likeness (QED) is 0.571. The number of nitrogen functional groups attached to an aromatic ring is 1. The van der Waals surface area contributed by atoms with Crippen molar-refractivity contribution in [3.8, 4) is 11.5 Å². The maximum absolute atomic E-state index is 11.9. The number of phenolic OH excluding ortho intramolecular Hbond substituents is 1. The van der Waals surface area contributed by atoms with E-state index in [0.29, 0.717) is 29.1 Å². The van der Waals surface area contributed by atoms with Crippen LogP contribution < -0.4 is 15.8 Å². The number of anilines is 1. The molecule has 0 saturated heterocycles. The van der Waals surface area contributed by atoms with Gasteiger partial charge in [-0.3, -0.25) is 4.79 Å². The minimum Gasteiger partial charge on any atom is -0.507 e. The van der Waals surface area contributed by atoms with E-state index in [0.717, 1.165) is 0 Å². The summed E-state index contributed by atoms with van der Waals surface area (Å²) in [6, 6.07) is 11.7. The van der Waals surface area contributed by atoms with Gasteiger partial charge in [0.25, 0.3) is 5.91 Å². The Morgan fingerprint density at radius 2 is 1.95 bits per heavy atom. The number of carbonyl (C=O) groups is 1. The number of phenols is 1. The summed E-state index contributed by atoms with van der Waals surface area (Å²) in [6.45, 7) is 0.658. The Hall–Kier alpha value is -2.21. The predicted molar refractivity (Wildman–Crippen MR) is 84.5 cm³/mol. The zero-order valence-electron chi connectivity index (χ0n) is 11.2. The van der Waals surface area contributed by atoms with Crippen LogP contribution in [0, 0.1) is 0 Å². The standard InChI is InChI=1S/C15H15BrN2O3/c16-10-1-6-13(14(19)9-10)15(20)18-7-8-21-12-4-2-11(17)3-5-12/h1-6,9,19H,7-8,17H2,(H,18,20). The molecule has 2 rings (SSSR count). The number of nitrogens with two attached hydrogens (primary N) is 1. The van der Waals surface area contributed by atoms with E-state index in [4.69, 9.17) is 10.5 Å². The second-order valence-electron chi connectivity index (χ2n) is 4.33. The van der Waals surface area contributed by atoms with Crippen LogP contribution in [0.25, 0.3) is 0 Å². The maximum atomic E-state index is 11.9. The Bertz CT molecular complexity index is 629. The van der Waals surface area contributed by atoms with E-state index in [9.17, 15) is 9.90 Å². The molecule has 0 unspecified atom stereocenters. The Kier molecular flexibility index (Phi) is 5.05. The summed E-state index contributed by atoms with van der Waals surface area (Å²) in [5, 5.41) is 12.4. The van der Waals surface area contributed by atoms with Crippen molar-refractivity contribution in [1.29, 1.82) is 0 Å². The molecule has 0 spiro atoms. The van der Waals surface area contributed by atoms with Gasteiger partial charge in [0.1, 0.15) is 18.1 Å². The molecule has 0 aliphatic carbocycles. The average molecular weight is 351 g/mol. The van der Waals surface area contributed by atoms with Crippen LogP contribution in [-0.2, 0) is 0 Å². The minimum absolute atomic E-state index is 0.0682. The van der Waals surface area contributed by atoms with Crippen molar-refractivity contribution in [1.82, 2.24) is 5.32 Å². The van der Waals surface area contributed by atoms with Gasteiger partial charge in [-0.1, -0.05) is 15.9 Å². The van der Waals surface area contributed by atoms with Crippen molar-refractivity contribution >= 4 is 27.5 Å². The average Bonchev–Trinajstić information content (AvgIpc) is 2.45. The molecule has 4 N–H and O–H groups in total. The first-order valence-corrected chi connectivity index (χ1v) is 7.10. The molecule has 0 bridgehead atoms. The summed E-state index contributed by atoms with van der Waals surface area (Å²) >= 11 is 3.22. The zero-order chi connectivity index (χ0) is 15.2. The van der Waals surface area contributed by atoms with Crippen LogP contribution in [0.3, 0.4) is 0 Å². The lowest BCUT2D eigenvalue weighted by molar-refractivity contribution is 0.0944. The van der Waals surface area contributed by atoms with Gasteiger partial charge in [-0.15, -0.1) is 0 Å². The van der Waals surface area contributed by atoms with Gasteiger partial charge < -0.3 is 20.9 Å². The second-order valence-corrected chi connectivity index (χ2v) is 5.25. The van der Waals surface area contributed by atoms with Crippen molar-refractivity contribution in [2.24, 2.45) is 0 Å². The fraction of sp³-hybridized carbons (Fsp3) is 0.133. The number of aromatic hydroxyl groups is 1. The van der Waals surface area contributed by atoms with Crippen LogP contribution in [0.4, 0.5) is 5.69 Å². The third kappa shape index (κ3) is 4.39. The maximum Gasteiger partial charge on any atom is 0.255 e. The number of rotatable bonds is 5. The number of ether oxygens (including phenoxy) is 1. The van der Waals surface area contributed by atoms with Crippen LogP contribution in [0.15, 0.2) is 46.9 Å². The first kappa shape index (κ1) is 15.2. The highest BCUT2D eigenvalue weighted by molar-refractivity contribution is 9.10. The Morgan fingerprint density at radius 1 is 1.24 bits per heavy atom. The molecular formula is C15H15BrN2O3. The molecule has 0 aliphatic heterocycles. The van der Waals surface area contributed by atoms with Crippen molar-refractivity contribution in [2.75, 3.05) is 18.9 Å². The summed E-state index contributed by atoms with van der Waals surface area (Å²) in [5.74, 6) is 0.271. The highest BCUT2D eigenvalue weighted by Crippen LogP contribution is 2.22. The number of amides is 1. The topological polar surface area (TPSA) is 84.6 Å². The molecule has 0 aromatic heterocycles. The highest BCUT2D eigenvalue weighted by Gasteiger charge is 2.10. The molecule has 21 heavy (non-hydrogen) atoms. The molecule has 0 atom stereocenters. The summed E-state index contributed by atoms with van der Waals surface area (Å²) in [5.41, 5.74) is 6.47. The Labute approximate surface area is 130 Å². The molecule has 0 radical (unpaired) electrons. The van der Waals surface area contributed by atoms with Crippen molar-refractivity contribution < 1.29 is 14.6 Å². The van der Waals surface area contributed by atoms with E-state index in [1.165, 1.54) is 6.07 Å². The molecule has 2 aromatic rings. The molecule has 0 fully saturated rings. The Balaban J connectivity index is 1.80. The zero-order valence-corrected chi connectivity index (χ0v) is 12.8. The van der Waals surface area contributed by atoms with Gasteiger partial charge in [0.15, 0.2) is 0 Å². The Morgan fingerprint density at radius 3 is 2.62 bits per heavy atom. The van der Waals surface area contributed by atoms with Crippen molar-refractivity contribution in [3.05, 3.63) is 52.5 Å². The van der Waals surface area contributed by atoms with Gasteiger partial charge >= 0.3 is 0 Å². The molecule has 110 valence electrons. The number of hydrogen-bond donors (Lipinski definition) is 3. The number of hydrogen-bond acceptors (Lipinski definition) is 4. The number of halogens is 1. The highest BCUT2D eigenvalue weighted by atomic mass is 79.9. The van der Waals surface area contributed by atoms with E-state index in [1.807, 2.05) is 0 Å². The third-order valence-electron chi connectivity index (χ3n) is 2.74. The number of nitrogens with one attached hydrogen (secondary N) is 1. The van der Waals surface area contributed by atoms with Gasteiger partial charge in [-0.2, -0.15) is 0 Å². The molecule has 0 saturated carbocycles. The van der Waals surface area contributed by atoms with Gasteiger partial charge in [0.05, 0.1) is 12.1 Å². The number of benzene rings is 2. The van der Waals surface area contributed by atoms with E-state index in [-0.39, 0.29) is 17.2 Å². The fourth-order valence-corrected chi connectivity index (χ4v) is 2.04. The predicted octanol–water partition coefficient (Wildman–Crippen LogP) is 2.55. The van der Waals surface area contributed by atoms with Crippen molar-refractivity contribution in [3.63, 3.8) is 0 Å². The minimum atomic E-state index is -0.346. The molecule has 6 heteroatoms. The lowest BCUT2D eigenvalue weighted by atomic mass is 10.2. The molecular weight excluding hydrogens is 336 g/mol. The summed E-state index contributed by atoms with van der Waals surface area (Å²) < 4.78 is 6.17. The SMILES string of the molecule is Nc1ccc(OCCNC(=O)c2ccc(Br)cc2O)cc1. The summed E-state index contributed by atoms with van der Waals surface area (Å²) in [7, 11) is 0. The normalized spacial score (nSPS) is 10.1. The second kappa shape index (κ2) is 6.99. The van der Waals surface area contributed by atoms with E-state index in [2.05, 4.69) is 21.2 Å². The summed E-state index contributed by atoms with van der Waals surface area (Å²) in [6.07, 6.45) is 0.